The topological polar surface area (TPSA) is 44.4 Å². The molecule has 17 heavy (non-hydrogen) atoms. The lowest BCUT2D eigenvalue weighted by molar-refractivity contribution is -0.121. The van der Waals surface area contributed by atoms with Gasteiger partial charge in [-0.3, -0.25) is 9.69 Å². The van der Waals surface area contributed by atoms with Crippen LogP contribution in [0, 0.1) is 5.92 Å². The molecule has 5 heteroatoms. The Kier molecular flexibility index (Phi) is 5.61. The summed E-state index contributed by atoms with van der Waals surface area (Å²) >= 11 is 2.02. The number of thioether (sulfide) groups is 1. The molecule has 0 aromatic carbocycles. The molecule has 1 amide bonds. The normalized spacial score (nSPS) is 26.0. The summed E-state index contributed by atoms with van der Waals surface area (Å²) in [4.78, 5) is 14.1. The van der Waals surface area contributed by atoms with Crippen molar-refractivity contribution in [3.05, 3.63) is 0 Å². The monoisotopic (exact) mass is 257 g/mol. The van der Waals surface area contributed by atoms with Crippen molar-refractivity contribution < 1.29 is 4.79 Å². The first kappa shape index (κ1) is 13.2. The maximum absolute atomic E-state index is 11.7. The Morgan fingerprint density at radius 3 is 2.94 bits per heavy atom. The lowest BCUT2D eigenvalue weighted by atomic mass is 10.0. The van der Waals surface area contributed by atoms with Gasteiger partial charge in [-0.15, -0.1) is 0 Å². The van der Waals surface area contributed by atoms with Gasteiger partial charge in [0.15, 0.2) is 0 Å². The number of rotatable bonds is 5. The van der Waals surface area contributed by atoms with Gasteiger partial charge in [-0.1, -0.05) is 0 Å². The Labute approximate surface area is 108 Å². The van der Waals surface area contributed by atoms with Crippen LogP contribution in [0.5, 0.6) is 0 Å². The van der Waals surface area contributed by atoms with Crippen molar-refractivity contribution in [3.63, 3.8) is 0 Å². The third kappa shape index (κ3) is 4.85. The Balaban J connectivity index is 1.53. The zero-order chi connectivity index (χ0) is 11.9. The van der Waals surface area contributed by atoms with Gasteiger partial charge in [-0.25, -0.2) is 0 Å². The molecule has 0 radical (unpaired) electrons. The minimum Gasteiger partial charge on any atom is -0.355 e. The molecule has 2 rings (SSSR count). The van der Waals surface area contributed by atoms with Crippen molar-refractivity contribution in [1.82, 2.24) is 15.5 Å². The summed E-state index contributed by atoms with van der Waals surface area (Å²) in [5.74, 6) is 3.26. The molecule has 0 saturated carbocycles. The summed E-state index contributed by atoms with van der Waals surface area (Å²) in [6, 6.07) is 0. The number of amides is 1. The van der Waals surface area contributed by atoms with Crippen LogP contribution in [0.1, 0.15) is 12.8 Å². The van der Waals surface area contributed by atoms with E-state index in [-0.39, 0.29) is 5.91 Å². The van der Waals surface area contributed by atoms with Gasteiger partial charge in [0.25, 0.3) is 0 Å². The van der Waals surface area contributed by atoms with Crippen LogP contribution in [-0.4, -0.2) is 61.6 Å². The predicted octanol–water partition coefficient (Wildman–Crippen LogP) is 0.151. The zero-order valence-electron chi connectivity index (χ0n) is 10.4. The van der Waals surface area contributed by atoms with E-state index >= 15 is 0 Å². The quantitative estimate of drug-likeness (QED) is 0.736. The highest BCUT2D eigenvalue weighted by Gasteiger charge is 2.18. The maximum Gasteiger partial charge on any atom is 0.220 e. The fourth-order valence-electron chi connectivity index (χ4n) is 2.40. The van der Waals surface area contributed by atoms with Gasteiger partial charge in [0, 0.05) is 44.1 Å². The van der Waals surface area contributed by atoms with Crippen LogP contribution < -0.4 is 10.6 Å². The fourth-order valence-corrected chi connectivity index (χ4v) is 3.38. The average Bonchev–Trinajstić information content (AvgIpc) is 2.83. The number of carbonyl (C=O) groups excluding carboxylic acids is 1. The van der Waals surface area contributed by atoms with E-state index in [1.54, 1.807) is 0 Å². The highest BCUT2D eigenvalue weighted by Crippen LogP contribution is 2.11. The molecule has 0 aromatic rings. The van der Waals surface area contributed by atoms with Crippen LogP contribution in [0.3, 0.4) is 0 Å². The van der Waals surface area contributed by atoms with Crippen molar-refractivity contribution in [2.45, 2.75) is 12.8 Å². The first-order chi connectivity index (χ1) is 8.34. The SMILES string of the molecule is O=C(CC1CCNC1)NCCN1CCSCC1. The highest BCUT2D eigenvalue weighted by molar-refractivity contribution is 7.99. The smallest absolute Gasteiger partial charge is 0.220 e. The van der Waals surface area contributed by atoms with Crippen molar-refractivity contribution in [3.8, 4) is 0 Å². The number of carbonyl (C=O) groups is 1. The Bertz CT molecular complexity index is 238. The number of hydrogen-bond donors (Lipinski definition) is 2. The molecule has 2 aliphatic heterocycles. The van der Waals surface area contributed by atoms with Crippen molar-refractivity contribution in [2.24, 2.45) is 5.92 Å². The largest absolute Gasteiger partial charge is 0.355 e. The maximum atomic E-state index is 11.7. The molecule has 4 nitrogen and oxygen atoms in total. The first-order valence-electron chi connectivity index (χ1n) is 6.62. The van der Waals surface area contributed by atoms with Gasteiger partial charge < -0.3 is 10.6 Å². The van der Waals surface area contributed by atoms with E-state index < -0.39 is 0 Å². The second kappa shape index (κ2) is 7.24. The van der Waals surface area contributed by atoms with Gasteiger partial charge >= 0.3 is 0 Å². The van der Waals surface area contributed by atoms with Crippen LogP contribution in [0.15, 0.2) is 0 Å². The number of nitrogens with one attached hydrogen (secondary N) is 2. The second-order valence-corrected chi connectivity index (χ2v) is 6.09. The molecule has 0 bridgehead atoms. The van der Waals surface area contributed by atoms with E-state index in [0.717, 1.165) is 32.6 Å². The van der Waals surface area contributed by atoms with E-state index in [2.05, 4.69) is 15.5 Å². The molecule has 0 aromatic heterocycles. The molecular formula is C12H23N3OS. The molecule has 2 heterocycles. The molecule has 1 unspecified atom stereocenters. The molecular weight excluding hydrogens is 234 g/mol. The summed E-state index contributed by atoms with van der Waals surface area (Å²) in [6.07, 6.45) is 1.85. The van der Waals surface area contributed by atoms with Crippen molar-refractivity contribution in [2.75, 3.05) is 50.8 Å². The van der Waals surface area contributed by atoms with E-state index in [0.29, 0.717) is 12.3 Å². The zero-order valence-corrected chi connectivity index (χ0v) is 11.2. The molecule has 0 spiro atoms. The van der Waals surface area contributed by atoms with Crippen LogP contribution in [0.25, 0.3) is 0 Å². The number of hydrogen-bond acceptors (Lipinski definition) is 4. The van der Waals surface area contributed by atoms with Crippen LogP contribution in [-0.2, 0) is 4.79 Å². The van der Waals surface area contributed by atoms with Crippen molar-refractivity contribution in [1.29, 1.82) is 0 Å². The predicted molar refractivity (Wildman–Crippen MR) is 72.4 cm³/mol. The van der Waals surface area contributed by atoms with E-state index in [1.165, 1.54) is 24.6 Å². The molecule has 1 atom stereocenters. The summed E-state index contributed by atoms with van der Waals surface area (Å²) in [5.41, 5.74) is 0. The standard InChI is InChI=1S/C12H23N3OS/c16-12(9-11-1-2-13-10-11)14-3-4-15-5-7-17-8-6-15/h11,13H,1-10H2,(H,14,16). The van der Waals surface area contributed by atoms with Crippen LogP contribution in [0.4, 0.5) is 0 Å². The fraction of sp³-hybridized carbons (Fsp3) is 0.917. The third-order valence-corrected chi connectivity index (χ3v) is 4.43. The van der Waals surface area contributed by atoms with E-state index in [1.807, 2.05) is 11.8 Å². The van der Waals surface area contributed by atoms with Crippen LogP contribution in [0.2, 0.25) is 0 Å². The lowest BCUT2D eigenvalue weighted by Crippen LogP contribution is -2.39. The number of nitrogens with zero attached hydrogens (tertiary/aromatic N) is 1. The Morgan fingerprint density at radius 1 is 1.41 bits per heavy atom. The van der Waals surface area contributed by atoms with Gasteiger partial charge in [0.2, 0.25) is 5.91 Å². The minimum atomic E-state index is 0.227. The summed E-state index contributed by atoms with van der Waals surface area (Å²) in [5, 5.41) is 6.34. The molecule has 2 N–H and O–H groups in total. The molecule has 0 aliphatic carbocycles. The second-order valence-electron chi connectivity index (χ2n) is 4.87. The minimum absolute atomic E-state index is 0.227. The molecule has 2 aliphatic rings. The van der Waals surface area contributed by atoms with Gasteiger partial charge in [0.05, 0.1) is 0 Å². The first-order valence-corrected chi connectivity index (χ1v) is 7.77. The molecule has 2 saturated heterocycles. The highest BCUT2D eigenvalue weighted by atomic mass is 32.2. The molecule has 2 fully saturated rings. The van der Waals surface area contributed by atoms with E-state index in [4.69, 9.17) is 0 Å². The van der Waals surface area contributed by atoms with Gasteiger partial charge in [-0.2, -0.15) is 11.8 Å². The third-order valence-electron chi connectivity index (χ3n) is 3.49. The average molecular weight is 257 g/mol. The Morgan fingerprint density at radius 2 is 2.24 bits per heavy atom. The molecule has 98 valence electrons. The van der Waals surface area contributed by atoms with E-state index in [9.17, 15) is 4.79 Å². The van der Waals surface area contributed by atoms with Gasteiger partial charge in [0.1, 0.15) is 0 Å². The van der Waals surface area contributed by atoms with Crippen molar-refractivity contribution >= 4 is 17.7 Å². The van der Waals surface area contributed by atoms with Crippen LogP contribution >= 0.6 is 11.8 Å². The summed E-state index contributed by atoms with van der Waals surface area (Å²) < 4.78 is 0. The summed E-state index contributed by atoms with van der Waals surface area (Å²) in [7, 11) is 0. The Hall–Kier alpha value is -0.260. The van der Waals surface area contributed by atoms with Gasteiger partial charge in [-0.05, 0) is 25.4 Å². The lowest BCUT2D eigenvalue weighted by Gasteiger charge is -2.26. The summed E-state index contributed by atoms with van der Waals surface area (Å²) in [6.45, 7) is 6.25.